The lowest BCUT2D eigenvalue weighted by molar-refractivity contribution is -0.133. The minimum absolute atomic E-state index is 0.172. The van der Waals surface area contributed by atoms with Gasteiger partial charge in [-0.05, 0) is 74.8 Å². The van der Waals surface area contributed by atoms with Crippen LogP contribution in [0.5, 0.6) is 0 Å². The molecule has 0 saturated heterocycles. The first-order valence-electron chi connectivity index (χ1n) is 12.1. The van der Waals surface area contributed by atoms with Gasteiger partial charge in [0.05, 0.1) is 13.1 Å². The van der Waals surface area contributed by atoms with E-state index in [1.807, 2.05) is 30.0 Å². The molecule has 1 amide bonds. The summed E-state index contributed by atoms with van der Waals surface area (Å²) in [5.74, 6) is 2.63. The molecule has 1 aliphatic rings. The van der Waals surface area contributed by atoms with Gasteiger partial charge in [-0.1, -0.05) is 54.1 Å². The minimum atomic E-state index is 0.172. The maximum Gasteiger partial charge on any atom is 0.237 e. The number of carbonyl (C=O) groups excluding carboxylic acids is 1. The van der Waals surface area contributed by atoms with Crippen LogP contribution in [0.2, 0.25) is 0 Å². The summed E-state index contributed by atoms with van der Waals surface area (Å²) in [4.78, 5) is 17.9. The molecule has 1 fully saturated rings. The first-order valence-corrected chi connectivity index (χ1v) is 12.1. The van der Waals surface area contributed by atoms with Crippen molar-refractivity contribution in [1.29, 1.82) is 0 Å². The van der Waals surface area contributed by atoms with Gasteiger partial charge in [-0.3, -0.25) is 9.69 Å². The minimum Gasteiger partial charge on any atom is -0.464 e. The van der Waals surface area contributed by atoms with Gasteiger partial charge in [-0.25, -0.2) is 0 Å². The highest BCUT2D eigenvalue weighted by molar-refractivity contribution is 5.78. The number of hydrogen-bond donors (Lipinski definition) is 0. The Hall–Kier alpha value is -2.85. The Kier molecular flexibility index (Phi) is 7.66. The van der Waals surface area contributed by atoms with Crippen molar-refractivity contribution in [2.24, 2.45) is 5.92 Å². The third-order valence-corrected chi connectivity index (χ3v) is 6.48. The second kappa shape index (κ2) is 10.8. The van der Waals surface area contributed by atoms with Gasteiger partial charge in [-0.2, -0.15) is 0 Å². The molecule has 33 heavy (non-hydrogen) atoms. The van der Waals surface area contributed by atoms with Gasteiger partial charge >= 0.3 is 0 Å². The standard InChI is InChI=1S/C29H36N2O2/c1-22-9-10-23(2)27(17-22)19-30(18-26-12-13-26)21-29(32)31(20-28-14-11-24(3)33-28)16-15-25-7-5-4-6-8-25/h4-11,14,17,26H,12-13,15-16,18-21H2,1-3H3. The van der Waals surface area contributed by atoms with Crippen LogP contribution in [-0.2, 0) is 24.3 Å². The van der Waals surface area contributed by atoms with Crippen molar-refractivity contribution < 1.29 is 9.21 Å². The Balaban J connectivity index is 1.47. The zero-order valence-corrected chi connectivity index (χ0v) is 20.2. The number of furan rings is 1. The smallest absolute Gasteiger partial charge is 0.237 e. The van der Waals surface area contributed by atoms with Crippen molar-refractivity contribution in [3.05, 3.63) is 94.4 Å². The highest BCUT2D eigenvalue weighted by Crippen LogP contribution is 2.30. The van der Waals surface area contributed by atoms with Crippen LogP contribution in [-0.4, -0.2) is 35.3 Å². The van der Waals surface area contributed by atoms with E-state index in [4.69, 9.17) is 4.42 Å². The number of benzene rings is 2. The van der Waals surface area contributed by atoms with Crippen LogP contribution in [0.15, 0.2) is 65.1 Å². The quantitative estimate of drug-likeness (QED) is 0.381. The second-order valence-corrected chi connectivity index (χ2v) is 9.61. The van der Waals surface area contributed by atoms with Crippen LogP contribution in [0, 0.1) is 26.7 Å². The molecular formula is C29H36N2O2. The van der Waals surface area contributed by atoms with Gasteiger partial charge in [0, 0.05) is 19.6 Å². The molecule has 1 heterocycles. The van der Waals surface area contributed by atoms with Gasteiger partial charge in [0.15, 0.2) is 0 Å². The second-order valence-electron chi connectivity index (χ2n) is 9.61. The highest BCUT2D eigenvalue weighted by atomic mass is 16.3. The van der Waals surface area contributed by atoms with E-state index in [2.05, 4.69) is 61.2 Å². The SMILES string of the molecule is Cc1ccc(C)c(CN(CC(=O)N(CCc2ccccc2)Cc2ccc(C)o2)CC2CC2)c1. The largest absolute Gasteiger partial charge is 0.464 e. The van der Waals surface area contributed by atoms with E-state index in [9.17, 15) is 4.79 Å². The Labute approximate surface area is 198 Å². The van der Waals surface area contributed by atoms with Crippen molar-refractivity contribution in [1.82, 2.24) is 9.80 Å². The summed E-state index contributed by atoms with van der Waals surface area (Å²) in [5.41, 5.74) is 5.13. The Morgan fingerprint density at radius 3 is 2.45 bits per heavy atom. The number of carbonyl (C=O) groups is 1. The van der Waals surface area contributed by atoms with Crippen molar-refractivity contribution in [3.63, 3.8) is 0 Å². The third kappa shape index (κ3) is 7.06. The monoisotopic (exact) mass is 444 g/mol. The van der Waals surface area contributed by atoms with E-state index >= 15 is 0 Å². The lowest BCUT2D eigenvalue weighted by atomic mass is 10.0. The molecule has 0 bridgehead atoms. The molecule has 4 heteroatoms. The fourth-order valence-corrected chi connectivity index (χ4v) is 4.31. The predicted octanol–water partition coefficient (Wildman–Crippen LogP) is 5.69. The number of hydrogen-bond acceptors (Lipinski definition) is 3. The number of amides is 1. The highest BCUT2D eigenvalue weighted by Gasteiger charge is 2.27. The molecule has 1 saturated carbocycles. The molecule has 4 nitrogen and oxygen atoms in total. The van der Waals surface area contributed by atoms with Crippen molar-refractivity contribution in [2.75, 3.05) is 19.6 Å². The topological polar surface area (TPSA) is 36.7 Å². The summed E-state index contributed by atoms with van der Waals surface area (Å²) in [7, 11) is 0. The average molecular weight is 445 g/mol. The van der Waals surface area contributed by atoms with Crippen LogP contribution in [0.25, 0.3) is 0 Å². The molecule has 174 valence electrons. The normalized spacial score (nSPS) is 13.5. The van der Waals surface area contributed by atoms with Crippen LogP contribution in [0.1, 0.15) is 46.6 Å². The summed E-state index contributed by atoms with van der Waals surface area (Å²) in [6.07, 6.45) is 3.40. The van der Waals surface area contributed by atoms with Crippen LogP contribution in [0.4, 0.5) is 0 Å². The maximum atomic E-state index is 13.6. The van der Waals surface area contributed by atoms with Gasteiger partial charge in [-0.15, -0.1) is 0 Å². The van der Waals surface area contributed by atoms with E-state index in [1.54, 1.807) is 0 Å². The van der Waals surface area contributed by atoms with Crippen molar-refractivity contribution in [2.45, 2.75) is 53.1 Å². The molecule has 0 unspecified atom stereocenters. The van der Waals surface area contributed by atoms with E-state index < -0.39 is 0 Å². The van der Waals surface area contributed by atoms with E-state index in [0.29, 0.717) is 19.6 Å². The maximum absolute atomic E-state index is 13.6. The molecule has 0 atom stereocenters. The molecule has 1 aliphatic carbocycles. The molecule has 4 rings (SSSR count). The summed E-state index contributed by atoms with van der Waals surface area (Å²) < 4.78 is 5.81. The lowest BCUT2D eigenvalue weighted by Gasteiger charge is -2.28. The Morgan fingerprint density at radius 2 is 1.76 bits per heavy atom. The van der Waals surface area contributed by atoms with E-state index in [1.165, 1.54) is 35.1 Å². The Morgan fingerprint density at radius 1 is 0.970 bits per heavy atom. The third-order valence-electron chi connectivity index (χ3n) is 6.48. The molecule has 0 N–H and O–H groups in total. The van der Waals surface area contributed by atoms with Gasteiger partial charge < -0.3 is 9.32 Å². The van der Waals surface area contributed by atoms with Crippen molar-refractivity contribution >= 4 is 5.91 Å². The molecule has 3 aromatic rings. The summed E-state index contributed by atoms with van der Waals surface area (Å²) in [6, 6.07) is 20.9. The summed E-state index contributed by atoms with van der Waals surface area (Å²) >= 11 is 0. The summed E-state index contributed by atoms with van der Waals surface area (Å²) in [6.45, 7) is 9.70. The Bertz CT molecular complexity index is 1050. The number of aryl methyl sites for hydroxylation is 3. The predicted molar refractivity (Wildman–Crippen MR) is 133 cm³/mol. The van der Waals surface area contributed by atoms with E-state index in [-0.39, 0.29) is 5.91 Å². The van der Waals surface area contributed by atoms with Crippen LogP contribution >= 0.6 is 0 Å². The molecule has 0 spiro atoms. The van der Waals surface area contributed by atoms with Gasteiger partial charge in [0.1, 0.15) is 11.5 Å². The van der Waals surface area contributed by atoms with Gasteiger partial charge in [0.2, 0.25) is 5.91 Å². The zero-order chi connectivity index (χ0) is 23.2. The summed E-state index contributed by atoms with van der Waals surface area (Å²) in [5, 5.41) is 0. The molecule has 2 aromatic carbocycles. The molecule has 0 radical (unpaired) electrons. The first kappa shape index (κ1) is 23.3. The first-order chi connectivity index (χ1) is 16.0. The number of nitrogens with zero attached hydrogens (tertiary/aromatic N) is 2. The number of rotatable bonds is 11. The van der Waals surface area contributed by atoms with Gasteiger partial charge in [0.25, 0.3) is 0 Å². The molecule has 0 aliphatic heterocycles. The fraction of sp³-hybridized carbons (Fsp3) is 0.414. The molecular weight excluding hydrogens is 408 g/mol. The lowest BCUT2D eigenvalue weighted by Crippen LogP contribution is -2.41. The average Bonchev–Trinajstić information content (AvgIpc) is 3.52. The van der Waals surface area contributed by atoms with Crippen molar-refractivity contribution in [3.8, 4) is 0 Å². The fourth-order valence-electron chi connectivity index (χ4n) is 4.31. The van der Waals surface area contributed by atoms with E-state index in [0.717, 1.165) is 36.9 Å². The zero-order valence-electron chi connectivity index (χ0n) is 20.2. The van der Waals surface area contributed by atoms with Crippen LogP contribution < -0.4 is 0 Å². The van der Waals surface area contributed by atoms with Crippen LogP contribution in [0.3, 0.4) is 0 Å². The molecule has 1 aromatic heterocycles.